The number of halogens is 2. The average molecular weight is 194 g/mol. The quantitative estimate of drug-likeness (QED) is 0.576. The molecule has 11 heavy (non-hydrogen) atoms. The zero-order valence-electron chi connectivity index (χ0n) is 6.04. The van der Waals surface area contributed by atoms with Gasteiger partial charge in [0.15, 0.2) is 0 Å². The Balaban J connectivity index is 0.000001000. The summed E-state index contributed by atoms with van der Waals surface area (Å²) in [6.45, 7) is 1.83. The molecule has 0 saturated carbocycles. The molecule has 1 aromatic heterocycles. The summed E-state index contributed by atoms with van der Waals surface area (Å²) in [7, 11) is 0. The molecule has 0 bridgehead atoms. The van der Waals surface area contributed by atoms with Crippen molar-refractivity contribution in [2.24, 2.45) is 0 Å². The Morgan fingerprint density at radius 1 is 1.64 bits per heavy atom. The zero-order chi connectivity index (χ0) is 7.40. The molecule has 1 rings (SSSR count). The van der Waals surface area contributed by atoms with Gasteiger partial charge in [0.05, 0.1) is 6.00 Å². The second kappa shape index (κ2) is 5.16. The topological polar surface area (TPSA) is 37.8 Å². The van der Waals surface area contributed by atoms with Crippen molar-refractivity contribution in [1.82, 2.24) is 9.97 Å². The smallest absolute Gasteiger partial charge is 0.130 e. The molecule has 1 heterocycles. The van der Waals surface area contributed by atoms with E-state index in [1.54, 1.807) is 12.3 Å². The number of aryl methyl sites for hydroxylation is 1. The number of nitrogens with one attached hydrogen (secondary N) is 1. The van der Waals surface area contributed by atoms with Gasteiger partial charge in [-0.15, -0.1) is 24.0 Å². The summed E-state index contributed by atoms with van der Waals surface area (Å²) >= 11 is 5.42. The van der Waals surface area contributed by atoms with Gasteiger partial charge in [0, 0.05) is 6.20 Å². The number of hydrogen-bond acceptors (Lipinski definition) is 3. The Morgan fingerprint density at radius 2 is 2.36 bits per heavy atom. The fourth-order valence-electron chi connectivity index (χ4n) is 0.623. The fraction of sp³-hybridized carbons (Fsp3) is 0.333. The maximum atomic E-state index is 5.42. The second-order valence-electron chi connectivity index (χ2n) is 1.80. The Kier molecular flexibility index (Phi) is 4.90. The van der Waals surface area contributed by atoms with Gasteiger partial charge in [-0.25, -0.2) is 9.97 Å². The highest BCUT2D eigenvalue weighted by Crippen LogP contribution is 1.99. The molecule has 0 radical (unpaired) electrons. The van der Waals surface area contributed by atoms with E-state index in [-0.39, 0.29) is 12.4 Å². The van der Waals surface area contributed by atoms with E-state index in [2.05, 4.69) is 15.3 Å². The predicted molar refractivity (Wildman–Crippen MR) is 48.4 cm³/mol. The normalized spacial score (nSPS) is 8.55. The van der Waals surface area contributed by atoms with E-state index < -0.39 is 0 Å². The maximum absolute atomic E-state index is 5.42. The molecule has 1 aromatic rings. The highest BCUT2D eigenvalue weighted by atomic mass is 35.5. The summed E-state index contributed by atoms with van der Waals surface area (Å²) in [6.07, 6.45) is 1.69. The van der Waals surface area contributed by atoms with Gasteiger partial charge in [-0.05, 0) is 13.0 Å². The van der Waals surface area contributed by atoms with Gasteiger partial charge in [-0.1, -0.05) is 0 Å². The summed E-state index contributed by atoms with van der Waals surface area (Å²) in [4.78, 5) is 7.98. The van der Waals surface area contributed by atoms with Crippen LogP contribution in [0, 0.1) is 6.92 Å². The van der Waals surface area contributed by atoms with Crippen LogP contribution in [-0.4, -0.2) is 16.0 Å². The molecule has 0 saturated heterocycles. The maximum Gasteiger partial charge on any atom is 0.130 e. The monoisotopic (exact) mass is 193 g/mol. The van der Waals surface area contributed by atoms with Crippen molar-refractivity contribution in [3.63, 3.8) is 0 Å². The van der Waals surface area contributed by atoms with Gasteiger partial charge in [0.1, 0.15) is 11.6 Å². The Hall–Kier alpha value is -0.540. The number of anilines is 1. The highest BCUT2D eigenvalue weighted by molar-refractivity contribution is 6.18. The molecule has 0 aliphatic rings. The third-order valence-electron chi connectivity index (χ3n) is 1.02. The minimum Gasteiger partial charge on any atom is -0.356 e. The Bertz CT molecular complexity index is 217. The molecule has 0 amide bonds. The van der Waals surface area contributed by atoms with Gasteiger partial charge >= 0.3 is 0 Å². The molecule has 0 unspecified atom stereocenters. The summed E-state index contributed by atoms with van der Waals surface area (Å²) in [6, 6.07) is 2.14. The molecule has 5 heteroatoms. The van der Waals surface area contributed by atoms with E-state index >= 15 is 0 Å². The van der Waals surface area contributed by atoms with Crippen molar-refractivity contribution in [2.45, 2.75) is 6.92 Å². The summed E-state index contributed by atoms with van der Waals surface area (Å²) in [5, 5.41) is 2.86. The van der Waals surface area contributed by atoms with Crippen LogP contribution in [0.1, 0.15) is 5.82 Å². The first-order valence-electron chi connectivity index (χ1n) is 2.92. The van der Waals surface area contributed by atoms with Gasteiger partial charge in [-0.2, -0.15) is 0 Å². The lowest BCUT2D eigenvalue weighted by atomic mass is 10.5. The van der Waals surface area contributed by atoms with Crippen LogP contribution in [0.15, 0.2) is 12.3 Å². The van der Waals surface area contributed by atoms with E-state index in [1.165, 1.54) is 0 Å². The van der Waals surface area contributed by atoms with Gasteiger partial charge in [0.2, 0.25) is 0 Å². The van der Waals surface area contributed by atoms with Crippen LogP contribution in [-0.2, 0) is 0 Å². The lowest BCUT2D eigenvalue weighted by Gasteiger charge is -1.99. The van der Waals surface area contributed by atoms with Crippen LogP contribution in [0.2, 0.25) is 0 Å². The van der Waals surface area contributed by atoms with E-state index in [0.29, 0.717) is 6.00 Å². The Morgan fingerprint density at radius 3 is 2.91 bits per heavy atom. The molecule has 1 N–H and O–H groups in total. The van der Waals surface area contributed by atoms with Gasteiger partial charge in [0.25, 0.3) is 0 Å². The second-order valence-corrected chi connectivity index (χ2v) is 2.07. The van der Waals surface area contributed by atoms with E-state index in [4.69, 9.17) is 11.6 Å². The SMILES string of the molecule is Cc1nccc(NCCl)n1.Cl. The molecule has 0 aliphatic carbocycles. The average Bonchev–Trinajstić information content (AvgIpc) is 1.88. The highest BCUT2D eigenvalue weighted by Gasteiger charge is 1.90. The third-order valence-corrected chi connectivity index (χ3v) is 1.16. The molecule has 0 fully saturated rings. The van der Waals surface area contributed by atoms with Crippen molar-refractivity contribution in [2.75, 3.05) is 11.3 Å². The first-order valence-corrected chi connectivity index (χ1v) is 3.46. The summed E-state index contributed by atoms with van der Waals surface area (Å²) in [5.74, 6) is 1.51. The van der Waals surface area contributed by atoms with E-state index in [0.717, 1.165) is 11.6 Å². The van der Waals surface area contributed by atoms with Gasteiger partial charge in [-0.3, -0.25) is 0 Å². The van der Waals surface area contributed by atoms with Crippen molar-refractivity contribution >= 4 is 29.8 Å². The largest absolute Gasteiger partial charge is 0.356 e. The van der Waals surface area contributed by atoms with Crippen LogP contribution in [0.4, 0.5) is 5.82 Å². The Labute approximate surface area is 76.6 Å². The third kappa shape index (κ3) is 3.39. The van der Waals surface area contributed by atoms with Crippen LogP contribution in [0.25, 0.3) is 0 Å². The number of nitrogens with zero attached hydrogens (tertiary/aromatic N) is 2. The van der Waals surface area contributed by atoms with Crippen LogP contribution < -0.4 is 5.32 Å². The molecule has 0 aromatic carbocycles. The standard InChI is InChI=1S/C6H8ClN3.ClH/c1-5-8-3-2-6(10-5)9-4-7;/h2-3H,4H2,1H3,(H,8,9,10);1H. The molecule has 62 valence electrons. The minimum absolute atomic E-state index is 0. The van der Waals surface area contributed by atoms with Crippen molar-refractivity contribution in [3.8, 4) is 0 Å². The molecule has 0 aliphatic heterocycles. The van der Waals surface area contributed by atoms with Crippen LogP contribution in [0.5, 0.6) is 0 Å². The van der Waals surface area contributed by atoms with Crippen molar-refractivity contribution in [1.29, 1.82) is 0 Å². The molecular weight excluding hydrogens is 185 g/mol. The number of rotatable bonds is 2. The zero-order valence-corrected chi connectivity index (χ0v) is 7.61. The first kappa shape index (κ1) is 10.5. The predicted octanol–water partition coefficient (Wildman–Crippen LogP) is 1.82. The lowest BCUT2D eigenvalue weighted by molar-refractivity contribution is 1.05. The first-order chi connectivity index (χ1) is 4.83. The molecule has 0 spiro atoms. The summed E-state index contributed by atoms with van der Waals surface area (Å²) < 4.78 is 0. The minimum atomic E-state index is 0. The number of hydrogen-bond donors (Lipinski definition) is 1. The van der Waals surface area contributed by atoms with E-state index in [1.807, 2.05) is 6.92 Å². The van der Waals surface area contributed by atoms with Crippen molar-refractivity contribution in [3.05, 3.63) is 18.1 Å². The summed E-state index contributed by atoms with van der Waals surface area (Å²) in [5.41, 5.74) is 0. The van der Waals surface area contributed by atoms with Crippen LogP contribution >= 0.6 is 24.0 Å². The molecular formula is C6H9Cl2N3. The van der Waals surface area contributed by atoms with Gasteiger partial charge < -0.3 is 5.32 Å². The van der Waals surface area contributed by atoms with Crippen LogP contribution in [0.3, 0.4) is 0 Å². The van der Waals surface area contributed by atoms with Crippen molar-refractivity contribution < 1.29 is 0 Å². The molecule has 3 nitrogen and oxygen atoms in total. The lowest BCUT2D eigenvalue weighted by Crippen LogP contribution is -1.98. The van der Waals surface area contributed by atoms with E-state index in [9.17, 15) is 0 Å². The molecule has 0 atom stereocenters. The number of aromatic nitrogens is 2. The number of alkyl halides is 1. The fourth-order valence-corrected chi connectivity index (χ4v) is 0.760.